The van der Waals surface area contributed by atoms with Crippen LogP contribution in [0.15, 0.2) is 29.6 Å². The lowest BCUT2D eigenvalue weighted by Crippen LogP contribution is -2.17. The topological polar surface area (TPSA) is 38.9 Å². The number of benzene rings is 1. The van der Waals surface area contributed by atoms with Crippen LogP contribution in [0.2, 0.25) is 0 Å². The molecule has 2 aromatic rings. The maximum Gasteiger partial charge on any atom is 0.123 e. The number of aromatic nitrogens is 1. The van der Waals surface area contributed by atoms with Crippen molar-refractivity contribution in [2.45, 2.75) is 19.8 Å². The third-order valence-corrected chi connectivity index (χ3v) is 3.99. The van der Waals surface area contributed by atoms with Crippen molar-refractivity contribution in [3.63, 3.8) is 0 Å². The first-order chi connectivity index (χ1) is 8.61. The molecule has 0 fully saturated rings. The van der Waals surface area contributed by atoms with E-state index in [9.17, 15) is 4.39 Å². The first kappa shape index (κ1) is 13.2. The van der Waals surface area contributed by atoms with Crippen molar-refractivity contribution in [1.82, 2.24) is 4.98 Å². The van der Waals surface area contributed by atoms with Crippen molar-refractivity contribution in [3.05, 3.63) is 40.5 Å². The monoisotopic (exact) mass is 264 g/mol. The Bertz CT molecular complexity index is 522. The van der Waals surface area contributed by atoms with Crippen LogP contribution in [0.1, 0.15) is 24.8 Å². The van der Waals surface area contributed by atoms with E-state index in [0.29, 0.717) is 12.5 Å². The summed E-state index contributed by atoms with van der Waals surface area (Å²) < 4.78 is 13.2. The van der Waals surface area contributed by atoms with Crippen molar-refractivity contribution >= 4 is 11.3 Å². The van der Waals surface area contributed by atoms with Crippen molar-refractivity contribution in [2.75, 3.05) is 6.54 Å². The van der Waals surface area contributed by atoms with Crippen molar-refractivity contribution in [2.24, 2.45) is 11.7 Å². The molecule has 96 valence electrons. The van der Waals surface area contributed by atoms with Gasteiger partial charge in [-0.1, -0.05) is 26.0 Å². The van der Waals surface area contributed by atoms with Crippen molar-refractivity contribution < 1.29 is 4.39 Å². The van der Waals surface area contributed by atoms with Gasteiger partial charge in [-0.05, 0) is 18.1 Å². The minimum atomic E-state index is -0.235. The lowest BCUT2D eigenvalue weighted by atomic mass is 9.97. The minimum absolute atomic E-state index is 0.235. The van der Waals surface area contributed by atoms with Gasteiger partial charge in [-0.25, -0.2) is 9.37 Å². The van der Waals surface area contributed by atoms with Gasteiger partial charge in [0.15, 0.2) is 0 Å². The van der Waals surface area contributed by atoms with Gasteiger partial charge in [0.05, 0.1) is 10.7 Å². The molecule has 0 aliphatic heterocycles. The van der Waals surface area contributed by atoms with E-state index in [0.717, 1.165) is 16.3 Å². The highest BCUT2D eigenvalue weighted by molar-refractivity contribution is 7.10. The maximum absolute atomic E-state index is 13.2. The van der Waals surface area contributed by atoms with Crippen LogP contribution in [0.25, 0.3) is 11.3 Å². The van der Waals surface area contributed by atoms with Gasteiger partial charge in [0.1, 0.15) is 5.82 Å². The van der Waals surface area contributed by atoms with Crippen molar-refractivity contribution in [3.8, 4) is 11.3 Å². The van der Waals surface area contributed by atoms with E-state index in [-0.39, 0.29) is 11.7 Å². The molecule has 0 saturated carbocycles. The van der Waals surface area contributed by atoms with Gasteiger partial charge in [-0.3, -0.25) is 0 Å². The fraction of sp³-hybridized carbons (Fsp3) is 0.357. The van der Waals surface area contributed by atoms with Gasteiger partial charge in [-0.15, -0.1) is 11.3 Å². The lowest BCUT2D eigenvalue weighted by molar-refractivity contribution is 0.504. The summed E-state index contributed by atoms with van der Waals surface area (Å²) in [5.74, 6) is 0.500. The Kier molecular flexibility index (Phi) is 4.09. The van der Waals surface area contributed by atoms with Gasteiger partial charge in [0, 0.05) is 23.4 Å². The van der Waals surface area contributed by atoms with Crippen LogP contribution in [0.5, 0.6) is 0 Å². The number of nitrogens with two attached hydrogens (primary N) is 1. The first-order valence-corrected chi connectivity index (χ1v) is 6.91. The summed E-state index contributed by atoms with van der Waals surface area (Å²) in [5.41, 5.74) is 7.43. The quantitative estimate of drug-likeness (QED) is 0.915. The normalized spacial score (nSPS) is 12.9. The smallest absolute Gasteiger partial charge is 0.123 e. The Morgan fingerprint density at radius 3 is 2.78 bits per heavy atom. The van der Waals surface area contributed by atoms with Gasteiger partial charge < -0.3 is 5.73 Å². The predicted octanol–water partition coefficient (Wildman–Crippen LogP) is 3.65. The molecule has 0 radical (unpaired) electrons. The van der Waals surface area contributed by atoms with E-state index in [2.05, 4.69) is 18.8 Å². The molecule has 0 aliphatic carbocycles. The van der Waals surface area contributed by atoms with E-state index >= 15 is 0 Å². The van der Waals surface area contributed by atoms with E-state index in [4.69, 9.17) is 5.73 Å². The molecule has 18 heavy (non-hydrogen) atoms. The van der Waals surface area contributed by atoms with Crippen LogP contribution in [0.3, 0.4) is 0 Å². The number of nitrogens with zero attached hydrogens (tertiary/aromatic N) is 1. The molecule has 0 bridgehead atoms. The number of thiazole rings is 1. The molecule has 2 rings (SSSR count). The second-order valence-electron chi connectivity index (χ2n) is 4.67. The number of rotatable bonds is 4. The fourth-order valence-electron chi connectivity index (χ4n) is 1.90. The van der Waals surface area contributed by atoms with Crippen LogP contribution in [0.4, 0.5) is 4.39 Å². The fourth-order valence-corrected chi connectivity index (χ4v) is 3.01. The summed E-state index contributed by atoms with van der Waals surface area (Å²) in [6.45, 7) is 4.87. The molecule has 1 unspecified atom stereocenters. The van der Waals surface area contributed by atoms with Crippen LogP contribution in [-0.4, -0.2) is 11.5 Å². The Morgan fingerprint density at radius 1 is 1.39 bits per heavy atom. The average Bonchev–Trinajstić information content (AvgIpc) is 2.79. The SMILES string of the molecule is CC(C)C(CN)c1nc(-c2cccc(F)c2)cs1. The molecule has 1 atom stereocenters. The first-order valence-electron chi connectivity index (χ1n) is 6.03. The Labute approximate surface area is 111 Å². The van der Waals surface area contributed by atoms with Crippen molar-refractivity contribution in [1.29, 1.82) is 0 Å². The Morgan fingerprint density at radius 2 is 2.17 bits per heavy atom. The largest absolute Gasteiger partial charge is 0.330 e. The molecule has 0 saturated heterocycles. The van der Waals surface area contributed by atoms with Gasteiger partial charge in [0.25, 0.3) is 0 Å². The third kappa shape index (κ3) is 2.76. The molecule has 1 aromatic carbocycles. The zero-order valence-corrected chi connectivity index (χ0v) is 11.4. The summed E-state index contributed by atoms with van der Waals surface area (Å²) in [6, 6.07) is 6.51. The van der Waals surface area contributed by atoms with E-state index < -0.39 is 0 Å². The summed E-state index contributed by atoms with van der Waals surface area (Å²) >= 11 is 1.60. The second-order valence-corrected chi connectivity index (χ2v) is 5.56. The highest BCUT2D eigenvalue weighted by atomic mass is 32.1. The molecule has 0 spiro atoms. The highest BCUT2D eigenvalue weighted by Gasteiger charge is 2.18. The molecular weight excluding hydrogens is 247 g/mol. The van der Waals surface area contributed by atoms with E-state index in [1.807, 2.05) is 11.4 Å². The summed E-state index contributed by atoms with van der Waals surface area (Å²) in [7, 11) is 0. The number of hydrogen-bond donors (Lipinski definition) is 1. The summed E-state index contributed by atoms with van der Waals surface area (Å²) in [4.78, 5) is 4.59. The lowest BCUT2D eigenvalue weighted by Gasteiger charge is -2.15. The van der Waals surface area contributed by atoms with Gasteiger partial charge >= 0.3 is 0 Å². The van der Waals surface area contributed by atoms with Crippen LogP contribution in [-0.2, 0) is 0 Å². The van der Waals surface area contributed by atoms with Crippen LogP contribution < -0.4 is 5.73 Å². The standard InChI is InChI=1S/C14H17FN2S/c1-9(2)12(7-16)14-17-13(8-18-14)10-4-3-5-11(15)6-10/h3-6,8-9,12H,7,16H2,1-2H3. The molecule has 4 heteroatoms. The molecule has 0 aliphatic rings. The predicted molar refractivity (Wildman–Crippen MR) is 74.1 cm³/mol. The molecular formula is C14H17FN2S. The van der Waals surface area contributed by atoms with Gasteiger partial charge in [0.2, 0.25) is 0 Å². The zero-order chi connectivity index (χ0) is 13.1. The molecule has 2 nitrogen and oxygen atoms in total. The maximum atomic E-state index is 13.2. The van der Waals surface area contributed by atoms with E-state index in [1.54, 1.807) is 17.4 Å². The molecule has 0 amide bonds. The van der Waals surface area contributed by atoms with Crippen LogP contribution >= 0.6 is 11.3 Å². The third-order valence-electron chi connectivity index (χ3n) is 3.02. The number of halogens is 1. The summed E-state index contributed by atoms with van der Waals surface area (Å²) in [5, 5.41) is 3.00. The van der Waals surface area contributed by atoms with Crippen LogP contribution in [0, 0.1) is 11.7 Å². The van der Waals surface area contributed by atoms with E-state index in [1.165, 1.54) is 12.1 Å². The summed E-state index contributed by atoms with van der Waals surface area (Å²) in [6.07, 6.45) is 0. The Balaban J connectivity index is 2.30. The molecule has 2 N–H and O–H groups in total. The second kappa shape index (κ2) is 5.59. The molecule has 1 aromatic heterocycles. The molecule has 1 heterocycles. The highest BCUT2D eigenvalue weighted by Crippen LogP contribution is 2.30. The average molecular weight is 264 g/mol. The minimum Gasteiger partial charge on any atom is -0.330 e. The zero-order valence-electron chi connectivity index (χ0n) is 10.6. The Hall–Kier alpha value is -1.26. The van der Waals surface area contributed by atoms with Gasteiger partial charge in [-0.2, -0.15) is 0 Å². The number of hydrogen-bond acceptors (Lipinski definition) is 3.